The Kier molecular flexibility index (Phi) is 5.40. The molecule has 0 aliphatic carbocycles. The van der Waals surface area contributed by atoms with Gasteiger partial charge in [-0.15, -0.1) is 21.5 Å². The third-order valence-electron chi connectivity index (χ3n) is 2.67. The Morgan fingerprint density at radius 3 is 2.76 bits per heavy atom. The number of nitrogens with zero attached hydrogens (tertiary/aromatic N) is 2. The van der Waals surface area contributed by atoms with Crippen LogP contribution in [0, 0.1) is 0 Å². The molecular weight excluding hydrogens is 308 g/mol. The Morgan fingerprint density at radius 2 is 2.19 bits per heavy atom. The SMILES string of the molecule is CCc1nnc(NC(=O)CC(NC(C)=O)c2cccs2)s1. The van der Waals surface area contributed by atoms with Crippen molar-refractivity contribution < 1.29 is 9.59 Å². The second kappa shape index (κ2) is 7.28. The number of hydrogen-bond donors (Lipinski definition) is 2. The van der Waals surface area contributed by atoms with Crippen molar-refractivity contribution >= 4 is 39.6 Å². The van der Waals surface area contributed by atoms with Gasteiger partial charge in [0.05, 0.1) is 12.5 Å². The minimum Gasteiger partial charge on any atom is -0.348 e. The van der Waals surface area contributed by atoms with Crippen LogP contribution in [0.1, 0.15) is 36.2 Å². The first-order chi connectivity index (χ1) is 10.1. The lowest BCUT2D eigenvalue weighted by atomic mass is 10.1. The van der Waals surface area contributed by atoms with Crippen LogP contribution in [0.3, 0.4) is 0 Å². The quantitative estimate of drug-likeness (QED) is 0.854. The van der Waals surface area contributed by atoms with Gasteiger partial charge in [-0.3, -0.25) is 9.59 Å². The van der Waals surface area contributed by atoms with Gasteiger partial charge in [-0.05, 0) is 17.9 Å². The second-order valence-electron chi connectivity index (χ2n) is 4.38. The van der Waals surface area contributed by atoms with E-state index in [2.05, 4.69) is 20.8 Å². The molecule has 0 aromatic carbocycles. The number of hydrogen-bond acceptors (Lipinski definition) is 6. The van der Waals surface area contributed by atoms with E-state index in [-0.39, 0.29) is 24.3 Å². The Hall–Kier alpha value is -1.80. The number of amides is 2. The molecule has 0 spiro atoms. The Labute approximate surface area is 130 Å². The van der Waals surface area contributed by atoms with E-state index in [0.29, 0.717) is 5.13 Å². The molecule has 8 heteroatoms. The van der Waals surface area contributed by atoms with Crippen molar-refractivity contribution in [3.05, 3.63) is 27.4 Å². The molecule has 2 rings (SSSR count). The minimum atomic E-state index is -0.318. The van der Waals surface area contributed by atoms with Gasteiger partial charge in [0.2, 0.25) is 16.9 Å². The predicted molar refractivity (Wildman–Crippen MR) is 83.4 cm³/mol. The first-order valence-electron chi connectivity index (χ1n) is 6.51. The van der Waals surface area contributed by atoms with Gasteiger partial charge in [0.25, 0.3) is 0 Å². The number of anilines is 1. The molecule has 0 saturated carbocycles. The number of nitrogens with one attached hydrogen (secondary N) is 2. The van der Waals surface area contributed by atoms with Crippen LogP contribution >= 0.6 is 22.7 Å². The van der Waals surface area contributed by atoms with Gasteiger partial charge in [0.1, 0.15) is 5.01 Å². The molecule has 0 bridgehead atoms. The Bertz CT molecular complexity index is 609. The van der Waals surface area contributed by atoms with Gasteiger partial charge in [0, 0.05) is 11.8 Å². The van der Waals surface area contributed by atoms with Crippen molar-refractivity contribution in [3.8, 4) is 0 Å². The van der Waals surface area contributed by atoms with Gasteiger partial charge in [-0.2, -0.15) is 0 Å². The summed E-state index contributed by atoms with van der Waals surface area (Å²) in [6.45, 7) is 3.42. The predicted octanol–water partition coefficient (Wildman–Crippen LogP) is 2.37. The lowest BCUT2D eigenvalue weighted by Crippen LogP contribution is -2.29. The van der Waals surface area contributed by atoms with Gasteiger partial charge in [-0.25, -0.2) is 0 Å². The molecule has 0 saturated heterocycles. The molecule has 2 amide bonds. The van der Waals surface area contributed by atoms with E-state index in [9.17, 15) is 9.59 Å². The fourth-order valence-corrected chi connectivity index (χ4v) is 3.23. The summed E-state index contributed by atoms with van der Waals surface area (Å²) >= 11 is 2.87. The number of thiophene rings is 1. The molecule has 0 radical (unpaired) electrons. The van der Waals surface area contributed by atoms with Crippen molar-refractivity contribution in [2.24, 2.45) is 0 Å². The third kappa shape index (κ3) is 4.61. The summed E-state index contributed by atoms with van der Waals surface area (Å²) in [6.07, 6.45) is 0.957. The number of carbonyl (C=O) groups is 2. The second-order valence-corrected chi connectivity index (χ2v) is 6.42. The van der Waals surface area contributed by atoms with Crippen LogP contribution in [0.25, 0.3) is 0 Å². The summed E-state index contributed by atoms with van der Waals surface area (Å²) in [4.78, 5) is 24.3. The lowest BCUT2D eigenvalue weighted by molar-refractivity contribution is -0.120. The van der Waals surface area contributed by atoms with E-state index in [0.717, 1.165) is 16.3 Å². The highest BCUT2D eigenvalue weighted by Gasteiger charge is 2.19. The molecule has 2 aromatic rings. The number of aromatic nitrogens is 2. The molecular formula is C13H16N4O2S2. The standard InChI is InChI=1S/C13H16N4O2S2/c1-3-12-16-17-13(21-12)15-11(19)7-9(14-8(2)18)10-5-4-6-20-10/h4-6,9H,3,7H2,1-2H3,(H,14,18)(H,15,17,19). The van der Waals surface area contributed by atoms with Gasteiger partial charge in [0.15, 0.2) is 0 Å². The molecule has 1 atom stereocenters. The van der Waals surface area contributed by atoms with Crippen molar-refractivity contribution in [3.63, 3.8) is 0 Å². The molecule has 2 N–H and O–H groups in total. The zero-order chi connectivity index (χ0) is 15.2. The summed E-state index contributed by atoms with van der Waals surface area (Å²) in [7, 11) is 0. The summed E-state index contributed by atoms with van der Waals surface area (Å²) in [6, 6.07) is 3.48. The van der Waals surface area contributed by atoms with Gasteiger partial charge in [-0.1, -0.05) is 24.3 Å². The number of aryl methyl sites for hydroxylation is 1. The van der Waals surface area contributed by atoms with Gasteiger partial charge >= 0.3 is 0 Å². The molecule has 21 heavy (non-hydrogen) atoms. The first-order valence-corrected chi connectivity index (χ1v) is 8.20. The van der Waals surface area contributed by atoms with Crippen LogP contribution in [0.2, 0.25) is 0 Å². The maximum Gasteiger partial charge on any atom is 0.228 e. The van der Waals surface area contributed by atoms with Gasteiger partial charge < -0.3 is 10.6 Å². The fraction of sp³-hybridized carbons (Fsp3) is 0.385. The molecule has 0 fully saturated rings. The van der Waals surface area contributed by atoms with E-state index >= 15 is 0 Å². The summed E-state index contributed by atoms with van der Waals surface area (Å²) < 4.78 is 0. The van der Waals surface area contributed by atoms with Crippen LogP contribution in [-0.4, -0.2) is 22.0 Å². The van der Waals surface area contributed by atoms with E-state index in [1.807, 2.05) is 24.4 Å². The van der Waals surface area contributed by atoms with Crippen LogP contribution in [0.15, 0.2) is 17.5 Å². The van der Waals surface area contributed by atoms with Crippen LogP contribution < -0.4 is 10.6 Å². The van der Waals surface area contributed by atoms with E-state index in [1.165, 1.54) is 29.6 Å². The van der Waals surface area contributed by atoms with Crippen molar-refractivity contribution in [1.29, 1.82) is 0 Å². The Morgan fingerprint density at radius 1 is 1.38 bits per heavy atom. The highest BCUT2D eigenvalue weighted by molar-refractivity contribution is 7.15. The van der Waals surface area contributed by atoms with E-state index in [1.54, 1.807) is 0 Å². The maximum atomic E-state index is 12.1. The molecule has 6 nitrogen and oxygen atoms in total. The number of rotatable bonds is 6. The molecule has 0 aliphatic heterocycles. The Balaban J connectivity index is 1.99. The first kappa shape index (κ1) is 15.6. The van der Waals surface area contributed by atoms with E-state index < -0.39 is 0 Å². The average Bonchev–Trinajstić information content (AvgIpc) is 3.08. The third-order valence-corrected chi connectivity index (χ3v) is 4.64. The monoisotopic (exact) mass is 324 g/mol. The summed E-state index contributed by atoms with van der Waals surface area (Å²) in [5.74, 6) is -0.355. The van der Waals surface area contributed by atoms with Crippen LogP contribution in [0.5, 0.6) is 0 Å². The molecule has 1 unspecified atom stereocenters. The largest absolute Gasteiger partial charge is 0.348 e. The topological polar surface area (TPSA) is 84.0 Å². The smallest absolute Gasteiger partial charge is 0.228 e. The van der Waals surface area contributed by atoms with Crippen molar-refractivity contribution in [1.82, 2.24) is 15.5 Å². The summed E-state index contributed by atoms with van der Waals surface area (Å²) in [5.41, 5.74) is 0. The van der Waals surface area contributed by atoms with Crippen molar-refractivity contribution in [2.75, 3.05) is 5.32 Å². The summed E-state index contributed by atoms with van der Waals surface area (Å²) in [5, 5.41) is 16.7. The highest BCUT2D eigenvalue weighted by atomic mass is 32.1. The zero-order valence-electron chi connectivity index (χ0n) is 11.8. The minimum absolute atomic E-state index is 0.162. The maximum absolute atomic E-state index is 12.1. The molecule has 112 valence electrons. The molecule has 0 aliphatic rings. The molecule has 2 aromatic heterocycles. The fourth-order valence-electron chi connectivity index (χ4n) is 1.76. The normalized spacial score (nSPS) is 11.9. The van der Waals surface area contributed by atoms with Crippen LogP contribution in [0.4, 0.5) is 5.13 Å². The van der Waals surface area contributed by atoms with Crippen LogP contribution in [-0.2, 0) is 16.0 Å². The van der Waals surface area contributed by atoms with Crippen molar-refractivity contribution in [2.45, 2.75) is 32.7 Å². The van der Waals surface area contributed by atoms with E-state index in [4.69, 9.17) is 0 Å². The highest BCUT2D eigenvalue weighted by Crippen LogP contribution is 2.23. The zero-order valence-corrected chi connectivity index (χ0v) is 13.4. The number of carbonyl (C=O) groups excluding carboxylic acids is 2. The lowest BCUT2D eigenvalue weighted by Gasteiger charge is -2.15. The average molecular weight is 324 g/mol. The molecule has 2 heterocycles.